The van der Waals surface area contributed by atoms with Crippen molar-refractivity contribution in [2.75, 3.05) is 0 Å². The van der Waals surface area contributed by atoms with Gasteiger partial charge < -0.3 is 8.83 Å². The maximum Gasteiger partial charge on any atom is 0.136 e. The molecular formula is C68H44N4O2. The molecule has 0 aliphatic carbocycles. The molecule has 14 rings (SSSR count). The Kier molecular flexibility index (Phi) is 10.5. The lowest BCUT2D eigenvalue weighted by atomic mass is 9.86. The van der Waals surface area contributed by atoms with E-state index in [1.165, 1.54) is 0 Å². The molecule has 0 radical (unpaired) electrons. The van der Waals surface area contributed by atoms with Crippen LogP contribution in [0.25, 0.3) is 133 Å². The number of aromatic nitrogens is 3. The normalized spacial score (nSPS) is 12.2. The molecule has 1 aliphatic rings. The Balaban J connectivity index is 0.873. The summed E-state index contributed by atoms with van der Waals surface area (Å²) in [6, 6.07) is 76.9. The molecule has 0 atom stereocenters. The van der Waals surface area contributed by atoms with Gasteiger partial charge in [-0.05, 0) is 135 Å². The first-order valence-electron chi connectivity index (χ1n) is 25.0. The summed E-state index contributed by atoms with van der Waals surface area (Å²) >= 11 is 0. The second-order valence-electron chi connectivity index (χ2n) is 18.8. The van der Waals surface area contributed by atoms with Gasteiger partial charge in [0.15, 0.2) is 0 Å². The molecule has 0 saturated carbocycles. The molecule has 13 aromatic rings. The summed E-state index contributed by atoms with van der Waals surface area (Å²) in [5.41, 5.74) is 22.4. The summed E-state index contributed by atoms with van der Waals surface area (Å²) < 4.78 is 12.3. The van der Waals surface area contributed by atoms with Crippen LogP contribution in [0.1, 0.15) is 12.2 Å². The number of hydrogen-bond donors (Lipinski definition) is 0. The average molecular weight is 949 g/mol. The van der Waals surface area contributed by atoms with Gasteiger partial charge in [-0.25, -0.2) is 0 Å². The van der Waals surface area contributed by atoms with Gasteiger partial charge in [0.1, 0.15) is 28.2 Å². The van der Waals surface area contributed by atoms with Crippen LogP contribution in [0.2, 0.25) is 0 Å². The van der Waals surface area contributed by atoms with Gasteiger partial charge in [0.25, 0.3) is 0 Å². The van der Waals surface area contributed by atoms with Crippen molar-refractivity contribution in [2.24, 2.45) is 4.99 Å². The van der Waals surface area contributed by atoms with Crippen molar-refractivity contribution in [3.63, 3.8) is 0 Å². The lowest BCUT2D eigenvalue weighted by molar-refractivity contribution is 0.551. The largest absolute Gasteiger partial charge is 0.459 e. The molecule has 0 fully saturated rings. The van der Waals surface area contributed by atoms with Crippen molar-refractivity contribution in [2.45, 2.75) is 12.8 Å². The fourth-order valence-corrected chi connectivity index (χ4v) is 10.7. The highest BCUT2D eigenvalue weighted by Crippen LogP contribution is 2.44. The maximum absolute atomic E-state index is 6.16. The van der Waals surface area contributed by atoms with E-state index in [1.807, 2.05) is 67.3 Å². The van der Waals surface area contributed by atoms with E-state index in [1.54, 1.807) is 0 Å². The molecule has 1 aliphatic heterocycles. The van der Waals surface area contributed by atoms with Gasteiger partial charge in [0.2, 0.25) is 0 Å². The number of pyridine rings is 3. The first kappa shape index (κ1) is 43.0. The van der Waals surface area contributed by atoms with Crippen LogP contribution in [-0.2, 0) is 6.42 Å². The van der Waals surface area contributed by atoms with E-state index in [9.17, 15) is 0 Å². The van der Waals surface area contributed by atoms with E-state index >= 15 is 0 Å². The summed E-state index contributed by atoms with van der Waals surface area (Å²) in [5, 5.41) is 3.20. The zero-order valence-electron chi connectivity index (χ0n) is 40.1. The third kappa shape index (κ3) is 7.77. The minimum atomic E-state index is 0.858. The second kappa shape index (κ2) is 18.1. The molecule has 5 aromatic heterocycles. The van der Waals surface area contributed by atoms with E-state index in [0.717, 1.165) is 158 Å². The smallest absolute Gasteiger partial charge is 0.136 e. The number of para-hydroxylation sites is 1. The van der Waals surface area contributed by atoms with Gasteiger partial charge >= 0.3 is 0 Å². The molecule has 0 bridgehead atoms. The van der Waals surface area contributed by atoms with Gasteiger partial charge in [-0.15, -0.1) is 0 Å². The zero-order valence-corrected chi connectivity index (χ0v) is 40.1. The zero-order chi connectivity index (χ0) is 49.0. The van der Waals surface area contributed by atoms with Crippen LogP contribution in [0.3, 0.4) is 0 Å². The van der Waals surface area contributed by atoms with Crippen LogP contribution in [0.4, 0.5) is 5.69 Å². The lowest BCUT2D eigenvalue weighted by Crippen LogP contribution is -1.93. The molecule has 0 N–H and O–H groups in total. The fourth-order valence-electron chi connectivity index (χ4n) is 10.7. The van der Waals surface area contributed by atoms with Crippen molar-refractivity contribution < 1.29 is 8.83 Å². The molecular weight excluding hydrogens is 905 g/mol. The first-order chi connectivity index (χ1) is 36.6. The van der Waals surface area contributed by atoms with E-state index in [-0.39, 0.29) is 0 Å². The van der Waals surface area contributed by atoms with Crippen molar-refractivity contribution in [1.82, 2.24) is 15.0 Å². The maximum atomic E-state index is 6.16. The van der Waals surface area contributed by atoms with Crippen LogP contribution in [0.5, 0.6) is 0 Å². The Morgan fingerprint density at radius 2 is 0.716 bits per heavy atom. The number of nitrogens with zero attached hydrogens (tertiary/aromatic N) is 4. The van der Waals surface area contributed by atoms with Gasteiger partial charge in [0.05, 0.1) is 17.1 Å². The van der Waals surface area contributed by atoms with E-state index in [2.05, 4.69) is 176 Å². The highest BCUT2D eigenvalue weighted by Gasteiger charge is 2.20. The van der Waals surface area contributed by atoms with E-state index < -0.39 is 0 Å². The average Bonchev–Trinajstić information content (AvgIpc) is 4.05. The van der Waals surface area contributed by atoms with Gasteiger partial charge in [0, 0.05) is 80.8 Å². The van der Waals surface area contributed by atoms with Crippen LogP contribution in [0.15, 0.2) is 251 Å². The Morgan fingerprint density at radius 3 is 1.23 bits per heavy atom. The van der Waals surface area contributed by atoms with Gasteiger partial charge in [-0.1, -0.05) is 140 Å². The Morgan fingerprint density at radius 1 is 0.297 bits per heavy atom. The van der Waals surface area contributed by atoms with Crippen molar-refractivity contribution in [3.05, 3.63) is 243 Å². The van der Waals surface area contributed by atoms with E-state index in [0.29, 0.717) is 0 Å². The second-order valence-corrected chi connectivity index (χ2v) is 18.8. The number of furan rings is 2. The van der Waals surface area contributed by atoms with Crippen molar-refractivity contribution in [3.8, 4) is 101 Å². The Bertz CT molecular complexity index is 4280. The molecule has 348 valence electrons. The quantitative estimate of drug-likeness (QED) is 0.144. The minimum Gasteiger partial charge on any atom is -0.459 e. The SMILES string of the molecule is C1=Nc2c(oc3ccc(-c4ccc(-c5ccccc5-c5cc(-c6ccccc6-c6ccc(-c7ccccc7)nc6)cc(-c6ccccc6-c6ccc(-c7ccc8oc9ccccc9c8c7)nc6)c5)cn4)cc23)CC1. The van der Waals surface area contributed by atoms with Crippen molar-refractivity contribution >= 4 is 44.8 Å². The molecule has 6 heterocycles. The molecule has 0 amide bonds. The minimum absolute atomic E-state index is 0.858. The van der Waals surface area contributed by atoms with Crippen LogP contribution in [-0.4, -0.2) is 21.2 Å². The first-order valence-corrected chi connectivity index (χ1v) is 25.0. The highest BCUT2D eigenvalue weighted by molar-refractivity contribution is 6.06. The van der Waals surface area contributed by atoms with Crippen LogP contribution in [0, 0.1) is 0 Å². The molecule has 74 heavy (non-hydrogen) atoms. The lowest BCUT2D eigenvalue weighted by Gasteiger charge is -2.18. The van der Waals surface area contributed by atoms with Crippen molar-refractivity contribution in [1.29, 1.82) is 0 Å². The molecule has 6 nitrogen and oxygen atoms in total. The molecule has 8 aromatic carbocycles. The summed E-state index contributed by atoms with van der Waals surface area (Å²) in [5.74, 6) is 0.953. The molecule has 6 heteroatoms. The number of benzene rings is 8. The van der Waals surface area contributed by atoms with E-state index in [4.69, 9.17) is 28.8 Å². The monoisotopic (exact) mass is 948 g/mol. The number of aliphatic imine (C=N–C) groups is 1. The molecule has 0 spiro atoms. The molecule has 0 unspecified atom stereocenters. The summed E-state index contributed by atoms with van der Waals surface area (Å²) in [4.78, 5) is 19.8. The predicted molar refractivity (Wildman–Crippen MR) is 302 cm³/mol. The molecule has 0 saturated heterocycles. The third-order valence-corrected chi connectivity index (χ3v) is 14.4. The third-order valence-electron chi connectivity index (χ3n) is 14.4. The topological polar surface area (TPSA) is 77.3 Å². The standard InChI is InChI=1S/C68H44N4O2/c1-2-13-43(14-3-1)61-29-24-46(40-70-61)52-15-4-7-18-55(52)49-35-50(56-19-8-5-16-53(56)47-25-30-62(71-41-47)44-27-32-65-59(38-44)58-21-10-11-22-64(58)73-65)37-51(36-49)57-20-9-6-17-54(57)48-26-31-63(72-42-48)45-28-33-66-60(39-45)68-67(74-66)23-12-34-69-68/h1-11,13-22,24-42H,12,23H2. The van der Waals surface area contributed by atoms with Gasteiger partial charge in [-0.2, -0.15) is 0 Å². The highest BCUT2D eigenvalue weighted by atomic mass is 16.3. The summed E-state index contributed by atoms with van der Waals surface area (Å²) in [6.45, 7) is 0. The Labute approximate surface area is 427 Å². The van der Waals surface area contributed by atoms with Crippen LogP contribution < -0.4 is 0 Å². The fraction of sp³-hybridized carbons (Fsp3) is 0.0294. The van der Waals surface area contributed by atoms with Gasteiger partial charge in [-0.3, -0.25) is 19.9 Å². The summed E-state index contributed by atoms with van der Waals surface area (Å²) in [6.07, 6.45) is 9.74. The number of aryl methyl sites for hydroxylation is 1. The predicted octanol–water partition coefficient (Wildman–Crippen LogP) is 18.2. The van der Waals surface area contributed by atoms with Crippen LogP contribution >= 0.6 is 0 Å². The number of fused-ring (bicyclic) bond motifs is 6. The number of rotatable bonds is 9. The number of hydrogen-bond acceptors (Lipinski definition) is 6. The Hall–Kier alpha value is -9.78. The summed E-state index contributed by atoms with van der Waals surface area (Å²) in [7, 11) is 0.